The summed E-state index contributed by atoms with van der Waals surface area (Å²) in [5, 5.41) is 6.29. The van der Waals surface area contributed by atoms with Crippen LogP contribution in [0.1, 0.15) is 21.5 Å². The van der Waals surface area contributed by atoms with Crippen LogP contribution in [0.25, 0.3) is 5.69 Å². The molecular formula is C26H23FN4O2S. The zero-order valence-corrected chi connectivity index (χ0v) is 19.1. The minimum Gasteiger partial charge on any atom is -0.351 e. The lowest BCUT2D eigenvalue weighted by Crippen LogP contribution is -2.24. The minimum atomic E-state index is -0.357. The van der Waals surface area contributed by atoms with Crippen molar-refractivity contribution in [3.8, 4) is 5.69 Å². The summed E-state index contributed by atoms with van der Waals surface area (Å²) < 4.78 is 15.6. The van der Waals surface area contributed by atoms with Gasteiger partial charge in [0, 0.05) is 42.3 Å². The number of hydrogen-bond donors (Lipinski definition) is 2. The molecule has 0 bridgehead atoms. The number of carbonyl (C=O) groups is 2. The van der Waals surface area contributed by atoms with E-state index in [1.54, 1.807) is 48.8 Å². The fraction of sp³-hybridized carbons (Fsp3) is 0.115. The van der Waals surface area contributed by atoms with E-state index in [0.717, 1.165) is 11.3 Å². The standard InChI is InChI=1S/C26H23FN4O2S/c27-23-12-5-4-9-21(23)17-30-25(33)20-10-6-11-22(15-20)31-14-13-28-26(31)34-18-24(32)29-16-19-7-2-1-3-8-19/h1-15H,16-18H2,(H,29,32)(H,30,33). The van der Waals surface area contributed by atoms with E-state index >= 15 is 0 Å². The van der Waals surface area contributed by atoms with Gasteiger partial charge in [0.2, 0.25) is 5.91 Å². The summed E-state index contributed by atoms with van der Waals surface area (Å²) in [6, 6.07) is 23.1. The predicted octanol–water partition coefficient (Wildman–Crippen LogP) is 4.35. The third kappa shape index (κ3) is 6.11. The molecule has 3 aromatic carbocycles. The quantitative estimate of drug-likeness (QED) is 0.354. The van der Waals surface area contributed by atoms with Crippen LogP contribution in [0.3, 0.4) is 0 Å². The van der Waals surface area contributed by atoms with E-state index < -0.39 is 0 Å². The maximum Gasteiger partial charge on any atom is 0.251 e. The Kier molecular flexibility index (Phi) is 7.72. The molecule has 0 aliphatic rings. The Bertz CT molecular complexity index is 1280. The lowest BCUT2D eigenvalue weighted by Gasteiger charge is -2.10. The van der Waals surface area contributed by atoms with Crippen molar-refractivity contribution in [1.29, 1.82) is 0 Å². The van der Waals surface area contributed by atoms with Gasteiger partial charge in [0.1, 0.15) is 5.82 Å². The van der Waals surface area contributed by atoms with Gasteiger partial charge >= 0.3 is 0 Å². The molecule has 0 aliphatic carbocycles. The maximum atomic E-state index is 13.8. The number of carbonyl (C=O) groups excluding carboxylic acids is 2. The third-order valence-corrected chi connectivity index (χ3v) is 6.02. The molecule has 4 rings (SSSR count). The lowest BCUT2D eigenvalue weighted by atomic mass is 10.1. The van der Waals surface area contributed by atoms with Crippen LogP contribution in [0.2, 0.25) is 0 Å². The molecule has 0 aliphatic heterocycles. The number of nitrogens with zero attached hydrogens (tertiary/aromatic N) is 2. The van der Waals surface area contributed by atoms with E-state index in [4.69, 9.17) is 0 Å². The molecule has 2 N–H and O–H groups in total. The Balaban J connectivity index is 1.36. The molecule has 0 unspecified atom stereocenters. The second-order valence-electron chi connectivity index (χ2n) is 7.46. The number of nitrogens with one attached hydrogen (secondary N) is 2. The zero-order valence-electron chi connectivity index (χ0n) is 18.3. The van der Waals surface area contributed by atoms with E-state index in [-0.39, 0.29) is 29.9 Å². The molecule has 1 aromatic heterocycles. The van der Waals surface area contributed by atoms with Gasteiger partial charge in [-0.05, 0) is 29.8 Å². The first-order valence-corrected chi connectivity index (χ1v) is 11.7. The molecule has 0 radical (unpaired) electrons. The monoisotopic (exact) mass is 474 g/mol. The molecule has 1 heterocycles. The van der Waals surface area contributed by atoms with Crippen molar-refractivity contribution in [3.63, 3.8) is 0 Å². The summed E-state index contributed by atoms with van der Waals surface area (Å²) >= 11 is 1.31. The molecule has 0 saturated carbocycles. The van der Waals surface area contributed by atoms with Crippen LogP contribution in [0.4, 0.5) is 4.39 Å². The van der Waals surface area contributed by atoms with Gasteiger partial charge in [-0.15, -0.1) is 0 Å². The van der Waals surface area contributed by atoms with Crippen LogP contribution in [-0.4, -0.2) is 27.1 Å². The number of halogens is 1. The van der Waals surface area contributed by atoms with Crippen molar-refractivity contribution in [2.75, 3.05) is 5.75 Å². The maximum absolute atomic E-state index is 13.8. The summed E-state index contributed by atoms with van der Waals surface area (Å²) in [5.74, 6) is -0.541. The van der Waals surface area contributed by atoms with Crippen molar-refractivity contribution in [2.24, 2.45) is 0 Å². The van der Waals surface area contributed by atoms with Crippen LogP contribution < -0.4 is 10.6 Å². The zero-order chi connectivity index (χ0) is 23.8. The molecule has 2 amide bonds. The van der Waals surface area contributed by atoms with Crippen LogP contribution in [0.5, 0.6) is 0 Å². The van der Waals surface area contributed by atoms with Gasteiger partial charge in [-0.25, -0.2) is 9.37 Å². The van der Waals surface area contributed by atoms with Crippen LogP contribution in [0.15, 0.2) is 96.4 Å². The molecule has 4 aromatic rings. The Morgan fingerprint density at radius 3 is 2.53 bits per heavy atom. The summed E-state index contributed by atoms with van der Waals surface area (Å²) in [7, 11) is 0. The molecule has 34 heavy (non-hydrogen) atoms. The molecule has 8 heteroatoms. The van der Waals surface area contributed by atoms with Gasteiger partial charge in [-0.3, -0.25) is 14.2 Å². The van der Waals surface area contributed by atoms with Crippen LogP contribution in [-0.2, 0) is 17.9 Å². The highest BCUT2D eigenvalue weighted by molar-refractivity contribution is 7.99. The molecule has 0 spiro atoms. The Morgan fingerprint density at radius 1 is 0.912 bits per heavy atom. The fourth-order valence-corrected chi connectivity index (χ4v) is 4.09. The second-order valence-corrected chi connectivity index (χ2v) is 8.40. The van der Waals surface area contributed by atoms with Gasteiger partial charge < -0.3 is 10.6 Å². The Morgan fingerprint density at radius 2 is 1.71 bits per heavy atom. The third-order valence-electron chi connectivity index (χ3n) is 5.06. The van der Waals surface area contributed by atoms with E-state index in [2.05, 4.69) is 15.6 Å². The number of hydrogen-bond acceptors (Lipinski definition) is 4. The van der Waals surface area contributed by atoms with Gasteiger partial charge in [-0.2, -0.15) is 0 Å². The average molecular weight is 475 g/mol. The van der Waals surface area contributed by atoms with Crippen molar-refractivity contribution in [3.05, 3.63) is 114 Å². The Hall–Kier alpha value is -3.91. The van der Waals surface area contributed by atoms with Gasteiger partial charge in [0.15, 0.2) is 5.16 Å². The molecule has 172 valence electrons. The van der Waals surface area contributed by atoms with E-state index in [1.165, 1.54) is 17.8 Å². The average Bonchev–Trinajstić information content (AvgIpc) is 3.35. The van der Waals surface area contributed by atoms with Gasteiger partial charge in [0.25, 0.3) is 5.91 Å². The molecule has 0 saturated heterocycles. The second kappa shape index (κ2) is 11.3. The van der Waals surface area contributed by atoms with E-state index in [9.17, 15) is 14.0 Å². The van der Waals surface area contributed by atoms with Crippen LogP contribution >= 0.6 is 11.8 Å². The van der Waals surface area contributed by atoms with E-state index in [1.807, 2.05) is 41.0 Å². The highest BCUT2D eigenvalue weighted by Gasteiger charge is 2.12. The van der Waals surface area contributed by atoms with Crippen LogP contribution in [0, 0.1) is 5.82 Å². The topological polar surface area (TPSA) is 76.0 Å². The Labute approximate surface area is 201 Å². The first kappa shape index (κ1) is 23.3. The van der Waals surface area contributed by atoms with Crippen molar-refractivity contribution in [1.82, 2.24) is 20.2 Å². The first-order valence-electron chi connectivity index (χ1n) is 10.7. The van der Waals surface area contributed by atoms with E-state index in [0.29, 0.717) is 22.8 Å². The van der Waals surface area contributed by atoms with Crippen molar-refractivity contribution < 1.29 is 14.0 Å². The minimum absolute atomic E-state index is 0.0929. The smallest absolute Gasteiger partial charge is 0.251 e. The number of rotatable bonds is 9. The van der Waals surface area contributed by atoms with Crippen molar-refractivity contribution >= 4 is 23.6 Å². The summed E-state index contributed by atoms with van der Waals surface area (Å²) in [4.78, 5) is 29.2. The number of amides is 2. The summed E-state index contributed by atoms with van der Waals surface area (Å²) in [6.07, 6.45) is 3.43. The molecule has 6 nitrogen and oxygen atoms in total. The number of benzene rings is 3. The number of thioether (sulfide) groups is 1. The lowest BCUT2D eigenvalue weighted by molar-refractivity contribution is -0.118. The highest BCUT2D eigenvalue weighted by Crippen LogP contribution is 2.21. The van der Waals surface area contributed by atoms with Gasteiger partial charge in [-0.1, -0.05) is 66.4 Å². The normalized spacial score (nSPS) is 10.6. The molecule has 0 fully saturated rings. The number of imidazole rings is 1. The SMILES string of the molecule is O=C(CSc1nccn1-c1cccc(C(=O)NCc2ccccc2F)c1)NCc1ccccc1. The highest BCUT2D eigenvalue weighted by atomic mass is 32.2. The van der Waals surface area contributed by atoms with Crippen molar-refractivity contribution in [2.45, 2.75) is 18.2 Å². The molecular weight excluding hydrogens is 451 g/mol. The first-order chi connectivity index (χ1) is 16.6. The summed E-state index contributed by atoms with van der Waals surface area (Å²) in [6.45, 7) is 0.568. The number of aromatic nitrogens is 2. The molecule has 0 atom stereocenters. The largest absolute Gasteiger partial charge is 0.351 e. The fourth-order valence-electron chi connectivity index (χ4n) is 3.29. The van der Waals surface area contributed by atoms with Gasteiger partial charge in [0.05, 0.1) is 5.75 Å². The predicted molar refractivity (Wildman–Crippen MR) is 130 cm³/mol. The summed E-state index contributed by atoms with van der Waals surface area (Å²) in [5.41, 5.74) is 2.64.